The molecule has 0 radical (unpaired) electrons. The van der Waals surface area contributed by atoms with Crippen LogP contribution in [-0.4, -0.2) is 69.8 Å². The Balaban J connectivity index is 2.06. The number of morpholine rings is 2. The van der Waals surface area contributed by atoms with Crippen molar-refractivity contribution >= 4 is 11.6 Å². The van der Waals surface area contributed by atoms with Gasteiger partial charge in [0.15, 0.2) is 0 Å². The summed E-state index contributed by atoms with van der Waals surface area (Å²) in [6, 6.07) is 9.19. The largest absolute Gasteiger partial charge is 0.370 e. The van der Waals surface area contributed by atoms with E-state index in [0.717, 1.165) is 9.80 Å². The first-order valence-electron chi connectivity index (χ1n) is 8.64. The zero-order valence-corrected chi connectivity index (χ0v) is 14.2. The van der Waals surface area contributed by atoms with Crippen LogP contribution in [0, 0.1) is 0 Å². The van der Waals surface area contributed by atoms with Gasteiger partial charge >= 0.3 is 5.66 Å². The summed E-state index contributed by atoms with van der Waals surface area (Å²) in [5, 5.41) is 0. The van der Waals surface area contributed by atoms with Crippen LogP contribution in [-0.2, 0) is 14.3 Å². The van der Waals surface area contributed by atoms with Crippen molar-refractivity contribution in [2.75, 3.05) is 52.6 Å². The molecule has 2 N–H and O–H groups in total. The molecule has 2 saturated heterocycles. The second-order valence-corrected chi connectivity index (χ2v) is 6.43. The molecule has 6 heteroatoms. The molecule has 0 aliphatic carbocycles. The molecule has 2 aliphatic heterocycles. The number of hydrogen-bond acceptors (Lipinski definition) is 4. The SMILES string of the molecule is CC(=O)C(C(=O)c1ccccc1)([NH+]1CCOCC1)[NH+]1CCOCC1. The molecule has 2 heterocycles. The number of carbonyl (C=O) groups is 2. The molecule has 1 aromatic rings. The zero-order valence-electron chi connectivity index (χ0n) is 14.2. The third-order valence-corrected chi connectivity index (χ3v) is 5.16. The first kappa shape index (κ1) is 17.2. The Morgan fingerprint density at radius 3 is 1.75 bits per heavy atom. The first-order chi connectivity index (χ1) is 11.7. The summed E-state index contributed by atoms with van der Waals surface area (Å²) in [6.45, 7) is 6.56. The van der Waals surface area contributed by atoms with Crippen LogP contribution < -0.4 is 9.80 Å². The summed E-state index contributed by atoms with van der Waals surface area (Å²) in [5.41, 5.74) is -0.500. The van der Waals surface area contributed by atoms with E-state index in [2.05, 4.69) is 0 Å². The fraction of sp³-hybridized carbons (Fsp3) is 0.556. The number of quaternary nitrogens is 2. The molecule has 24 heavy (non-hydrogen) atoms. The van der Waals surface area contributed by atoms with Gasteiger partial charge in [0.25, 0.3) is 11.6 Å². The lowest BCUT2D eigenvalue weighted by Crippen LogP contribution is -3.44. The lowest BCUT2D eigenvalue weighted by Gasteiger charge is -2.44. The van der Waals surface area contributed by atoms with Gasteiger partial charge < -0.3 is 9.47 Å². The lowest BCUT2D eigenvalue weighted by atomic mass is 9.89. The maximum atomic E-state index is 13.6. The second-order valence-electron chi connectivity index (χ2n) is 6.43. The van der Waals surface area contributed by atoms with Crippen LogP contribution in [0.2, 0.25) is 0 Å². The maximum Gasteiger partial charge on any atom is 0.346 e. The number of nitrogens with one attached hydrogen (secondary N) is 2. The van der Waals surface area contributed by atoms with Gasteiger partial charge in [0.2, 0.25) is 0 Å². The van der Waals surface area contributed by atoms with E-state index in [0.29, 0.717) is 58.2 Å². The summed E-state index contributed by atoms with van der Waals surface area (Å²) < 4.78 is 10.9. The van der Waals surface area contributed by atoms with Gasteiger partial charge in [-0.05, 0) is 0 Å². The van der Waals surface area contributed by atoms with E-state index >= 15 is 0 Å². The molecule has 0 saturated carbocycles. The molecule has 0 atom stereocenters. The highest BCUT2D eigenvalue weighted by Crippen LogP contribution is 2.09. The lowest BCUT2D eigenvalue weighted by molar-refractivity contribution is -1.13. The van der Waals surface area contributed by atoms with Crippen LogP contribution in [0.5, 0.6) is 0 Å². The van der Waals surface area contributed by atoms with Gasteiger partial charge in [-0.2, -0.15) is 0 Å². The Kier molecular flexibility index (Phi) is 5.40. The summed E-state index contributed by atoms with van der Waals surface area (Å²) in [7, 11) is 0. The van der Waals surface area contributed by atoms with Gasteiger partial charge in [0.1, 0.15) is 26.2 Å². The molecule has 0 bridgehead atoms. The van der Waals surface area contributed by atoms with E-state index in [1.54, 1.807) is 19.1 Å². The molecule has 0 unspecified atom stereocenters. The molecule has 0 amide bonds. The van der Waals surface area contributed by atoms with Gasteiger partial charge in [-0.15, -0.1) is 0 Å². The summed E-state index contributed by atoms with van der Waals surface area (Å²) in [4.78, 5) is 28.5. The second kappa shape index (κ2) is 7.53. The Labute approximate surface area is 142 Å². The van der Waals surface area contributed by atoms with Gasteiger partial charge in [0, 0.05) is 12.5 Å². The maximum absolute atomic E-state index is 13.6. The van der Waals surface area contributed by atoms with Crippen LogP contribution in [0.4, 0.5) is 0 Å². The third-order valence-electron chi connectivity index (χ3n) is 5.16. The molecule has 130 valence electrons. The number of hydrogen-bond donors (Lipinski definition) is 2. The predicted molar refractivity (Wildman–Crippen MR) is 87.2 cm³/mol. The Morgan fingerprint density at radius 2 is 1.33 bits per heavy atom. The third kappa shape index (κ3) is 3.02. The van der Waals surface area contributed by atoms with E-state index in [1.165, 1.54) is 0 Å². The normalized spacial score (nSPS) is 20.7. The predicted octanol–water partition coefficient (Wildman–Crippen LogP) is -2.02. The molecule has 0 aromatic heterocycles. The highest BCUT2D eigenvalue weighted by molar-refractivity contribution is 6.14. The van der Waals surface area contributed by atoms with E-state index < -0.39 is 5.66 Å². The molecule has 3 rings (SSSR count). The van der Waals surface area contributed by atoms with Crippen molar-refractivity contribution < 1.29 is 28.9 Å². The number of ketones is 2. The highest BCUT2D eigenvalue weighted by atomic mass is 16.5. The Hall–Kier alpha value is -1.60. The molecular formula is C18H26N2O4+2. The van der Waals surface area contributed by atoms with Crippen molar-refractivity contribution in [2.45, 2.75) is 12.6 Å². The highest BCUT2D eigenvalue weighted by Gasteiger charge is 2.61. The van der Waals surface area contributed by atoms with Gasteiger partial charge in [-0.3, -0.25) is 19.4 Å². The first-order valence-corrected chi connectivity index (χ1v) is 8.64. The van der Waals surface area contributed by atoms with Crippen LogP contribution in [0.3, 0.4) is 0 Å². The van der Waals surface area contributed by atoms with Crippen LogP contribution in [0.25, 0.3) is 0 Å². The van der Waals surface area contributed by atoms with Crippen molar-refractivity contribution in [3.05, 3.63) is 35.9 Å². The minimum Gasteiger partial charge on any atom is -0.370 e. The molecule has 2 fully saturated rings. The van der Waals surface area contributed by atoms with Crippen molar-refractivity contribution in [1.82, 2.24) is 0 Å². The number of Topliss-reactive ketones (excluding diaryl/α,β-unsaturated/α-hetero) is 2. The topological polar surface area (TPSA) is 61.5 Å². The van der Waals surface area contributed by atoms with Crippen molar-refractivity contribution in [3.8, 4) is 0 Å². The van der Waals surface area contributed by atoms with E-state index in [9.17, 15) is 9.59 Å². The molecule has 6 nitrogen and oxygen atoms in total. The molecular weight excluding hydrogens is 308 g/mol. The van der Waals surface area contributed by atoms with Crippen molar-refractivity contribution in [3.63, 3.8) is 0 Å². The monoisotopic (exact) mass is 334 g/mol. The quantitative estimate of drug-likeness (QED) is 0.482. The number of benzene rings is 1. The fourth-order valence-corrected chi connectivity index (χ4v) is 4.02. The summed E-state index contributed by atoms with van der Waals surface area (Å²) >= 11 is 0. The number of ether oxygens (including phenoxy) is 2. The average molecular weight is 334 g/mol. The molecule has 2 aliphatic rings. The van der Waals surface area contributed by atoms with Gasteiger partial charge in [-0.1, -0.05) is 30.3 Å². The van der Waals surface area contributed by atoms with Crippen molar-refractivity contribution in [1.29, 1.82) is 0 Å². The Bertz CT molecular complexity index is 560. The molecule has 0 spiro atoms. The minimum absolute atomic E-state index is 0.0647. The van der Waals surface area contributed by atoms with Crippen LogP contribution >= 0.6 is 0 Å². The van der Waals surface area contributed by atoms with Gasteiger partial charge in [-0.25, -0.2) is 0 Å². The fourth-order valence-electron chi connectivity index (χ4n) is 4.02. The Morgan fingerprint density at radius 1 is 0.875 bits per heavy atom. The minimum atomic E-state index is -1.10. The number of rotatable bonds is 5. The van der Waals surface area contributed by atoms with E-state index in [4.69, 9.17) is 9.47 Å². The zero-order chi connectivity index (χ0) is 17.0. The molecule has 1 aromatic carbocycles. The smallest absolute Gasteiger partial charge is 0.346 e. The standard InChI is InChI=1S/C18H24N2O4/c1-15(21)18(19-7-11-23-12-8-19,20-9-13-24-14-10-20)17(22)16-5-3-2-4-6-16/h2-6H,7-14H2,1H3/p+2. The summed E-state index contributed by atoms with van der Waals surface area (Å²) in [5.74, 6) is -0.144. The average Bonchev–Trinajstić information content (AvgIpc) is 2.64. The van der Waals surface area contributed by atoms with E-state index in [1.807, 2.05) is 18.2 Å². The van der Waals surface area contributed by atoms with Crippen LogP contribution in [0.15, 0.2) is 30.3 Å². The summed E-state index contributed by atoms with van der Waals surface area (Å²) in [6.07, 6.45) is 0. The van der Waals surface area contributed by atoms with Crippen LogP contribution in [0.1, 0.15) is 17.3 Å². The van der Waals surface area contributed by atoms with E-state index in [-0.39, 0.29) is 11.6 Å². The van der Waals surface area contributed by atoms with Gasteiger partial charge in [0.05, 0.1) is 26.4 Å². The number of carbonyl (C=O) groups excluding carboxylic acids is 2. The van der Waals surface area contributed by atoms with Crippen molar-refractivity contribution in [2.24, 2.45) is 0 Å².